The molecular formula is C12H13NS. The molecule has 72 valence electrons. The minimum absolute atomic E-state index is 1.16. The van der Waals surface area contributed by atoms with Gasteiger partial charge in [0.25, 0.3) is 0 Å². The van der Waals surface area contributed by atoms with E-state index in [0.29, 0.717) is 0 Å². The van der Waals surface area contributed by atoms with E-state index in [1.807, 2.05) is 11.8 Å². The van der Waals surface area contributed by atoms with Crippen molar-refractivity contribution < 1.29 is 0 Å². The molecule has 1 nitrogen and oxygen atoms in total. The Morgan fingerprint density at radius 2 is 1.93 bits per heavy atom. The summed E-state index contributed by atoms with van der Waals surface area (Å²) in [6, 6.07) is 6.69. The Hall–Kier alpha value is -0.760. The monoisotopic (exact) mass is 203 g/mol. The van der Waals surface area contributed by atoms with Gasteiger partial charge in [0.1, 0.15) is 0 Å². The number of nitrogens with zero attached hydrogens (tertiary/aromatic N) is 1. The third-order valence-corrected chi connectivity index (χ3v) is 3.96. The molecule has 1 aromatic rings. The van der Waals surface area contributed by atoms with Crippen LogP contribution in [0.5, 0.6) is 0 Å². The third-order valence-electron chi connectivity index (χ3n) is 2.92. The van der Waals surface area contributed by atoms with Gasteiger partial charge in [-0.15, -0.1) is 11.8 Å². The van der Waals surface area contributed by atoms with Crippen LogP contribution >= 0.6 is 11.8 Å². The van der Waals surface area contributed by atoms with Gasteiger partial charge in [-0.05, 0) is 42.5 Å². The molecule has 0 saturated carbocycles. The average molecular weight is 203 g/mol. The fraction of sp³-hybridized carbons (Fsp3) is 0.417. The SMILES string of the molecule is c1cc2c(cc1N=C1CCS1)CCC2. The summed E-state index contributed by atoms with van der Waals surface area (Å²) in [5.74, 6) is 1.25. The average Bonchev–Trinajstić information content (AvgIpc) is 2.58. The first kappa shape index (κ1) is 8.54. The highest BCUT2D eigenvalue weighted by Crippen LogP contribution is 2.29. The van der Waals surface area contributed by atoms with Crippen LogP contribution in [0.1, 0.15) is 24.0 Å². The molecule has 0 bridgehead atoms. The Bertz CT molecular complexity index is 389. The Labute approximate surface area is 88.6 Å². The van der Waals surface area contributed by atoms with Gasteiger partial charge in [-0.3, -0.25) is 0 Å². The summed E-state index contributed by atoms with van der Waals surface area (Å²) in [6.07, 6.45) is 5.02. The molecule has 0 atom stereocenters. The maximum atomic E-state index is 4.62. The maximum Gasteiger partial charge on any atom is 0.0747 e. The molecule has 0 N–H and O–H groups in total. The van der Waals surface area contributed by atoms with Gasteiger partial charge >= 0.3 is 0 Å². The predicted molar refractivity (Wildman–Crippen MR) is 62.6 cm³/mol. The van der Waals surface area contributed by atoms with E-state index in [-0.39, 0.29) is 0 Å². The van der Waals surface area contributed by atoms with E-state index in [0.717, 1.165) is 5.69 Å². The molecule has 1 aliphatic carbocycles. The normalized spacial score (nSPS) is 22.1. The quantitative estimate of drug-likeness (QED) is 0.682. The highest BCUT2D eigenvalue weighted by atomic mass is 32.2. The molecule has 2 aliphatic rings. The fourth-order valence-corrected chi connectivity index (χ4v) is 2.61. The highest BCUT2D eigenvalue weighted by molar-refractivity contribution is 8.15. The van der Waals surface area contributed by atoms with Gasteiger partial charge in [0, 0.05) is 12.2 Å². The first-order valence-corrected chi connectivity index (χ1v) is 6.22. The predicted octanol–water partition coefficient (Wildman–Crippen LogP) is 3.34. The van der Waals surface area contributed by atoms with E-state index >= 15 is 0 Å². The minimum atomic E-state index is 1.16. The molecule has 14 heavy (non-hydrogen) atoms. The molecule has 3 rings (SSSR count). The fourth-order valence-electron chi connectivity index (χ4n) is 2.05. The van der Waals surface area contributed by atoms with Crippen LogP contribution in [0.3, 0.4) is 0 Å². The van der Waals surface area contributed by atoms with Crippen LogP contribution in [-0.2, 0) is 12.8 Å². The standard InChI is InChI=1S/C12H13NS/c1-2-9-4-5-11(8-10(9)3-1)13-12-6-7-14-12/h4-5,8H,1-3,6-7H2. The molecule has 0 spiro atoms. The van der Waals surface area contributed by atoms with E-state index in [4.69, 9.17) is 0 Å². The van der Waals surface area contributed by atoms with Crippen molar-refractivity contribution in [2.24, 2.45) is 4.99 Å². The number of fused-ring (bicyclic) bond motifs is 1. The smallest absolute Gasteiger partial charge is 0.0747 e. The van der Waals surface area contributed by atoms with Crippen molar-refractivity contribution in [1.29, 1.82) is 0 Å². The number of hydrogen-bond acceptors (Lipinski definition) is 2. The van der Waals surface area contributed by atoms with Crippen molar-refractivity contribution in [1.82, 2.24) is 0 Å². The lowest BCUT2D eigenvalue weighted by Crippen LogP contribution is -2.06. The van der Waals surface area contributed by atoms with Gasteiger partial charge in [-0.25, -0.2) is 4.99 Å². The third kappa shape index (κ3) is 1.48. The molecule has 1 saturated heterocycles. The van der Waals surface area contributed by atoms with Crippen LogP contribution in [0.2, 0.25) is 0 Å². The summed E-state index contributed by atoms with van der Waals surface area (Å²) in [4.78, 5) is 4.62. The zero-order valence-corrected chi connectivity index (χ0v) is 8.94. The number of aryl methyl sites for hydroxylation is 2. The van der Waals surface area contributed by atoms with Gasteiger partial charge in [-0.2, -0.15) is 0 Å². The Balaban J connectivity index is 1.92. The number of rotatable bonds is 1. The van der Waals surface area contributed by atoms with Crippen molar-refractivity contribution in [3.63, 3.8) is 0 Å². The summed E-state index contributed by atoms with van der Waals surface area (Å²) in [5.41, 5.74) is 4.22. The van der Waals surface area contributed by atoms with E-state index in [1.54, 1.807) is 0 Å². The Kier molecular flexibility index (Phi) is 2.09. The van der Waals surface area contributed by atoms with Gasteiger partial charge in [0.15, 0.2) is 0 Å². The second kappa shape index (κ2) is 3.43. The molecule has 0 aromatic heterocycles. The van der Waals surface area contributed by atoms with Gasteiger partial charge in [0.2, 0.25) is 0 Å². The second-order valence-electron chi connectivity index (χ2n) is 3.91. The van der Waals surface area contributed by atoms with Crippen LogP contribution in [-0.4, -0.2) is 10.8 Å². The lowest BCUT2D eigenvalue weighted by molar-refractivity contribution is 0.912. The lowest BCUT2D eigenvalue weighted by atomic mass is 10.1. The molecule has 1 fully saturated rings. The summed E-state index contributed by atoms with van der Waals surface area (Å²) in [5, 5.41) is 1.31. The Morgan fingerprint density at radius 3 is 2.71 bits per heavy atom. The van der Waals surface area contributed by atoms with Gasteiger partial charge < -0.3 is 0 Å². The zero-order chi connectivity index (χ0) is 9.38. The van der Waals surface area contributed by atoms with Crippen molar-refractivity contribution in [3.8, 4) is 0 Å². The lowest BCUT2D eigenvalue weighted by Gasteiger charge is -2.13. The molecule has 1 aliphatic heterocycles. The van der Waals surface area contributed by atoms with E-state index in [2.05, 4.69) is 23.2 Å². The van der Waals surface area contributed by atoms with E-state index in [9.17, 15) is 0 Å². The maximum absolute atomic E-state index is 4.62. The topological polar surface area (TPSA) is 12.4 Å². The van der Waals surface area contributed by atoms with Crippen LogP contribution < -0.4 is 0 Å². The van der Waals surface area contributed by atoms with Crippen molar-refractivity contribution in [2.75, 3.05) is 5.75 Å². The first-order valence-electron chi connectivity index (χ1n) is 5.24. The summed E-state index contributed by atoms with van der Waals surface area (Å²) < 4.78 is 0. The van der Waals surface area contributed by atoms with Crippen molar-refractivity contribution in [2.45, 2.75) is 25.7 Å². The minimum Gasteiger partial charge on any atom is -0.247 e. The number of thioether (sulfide) groups is 1. The van der Waals surface area contributed by atoms with E-state index in [1.165, 1.54) is 47.6 Å². The summed E-state index contributed by atoms with van der Waals surface area (Å²) >= 11 is 1.88. The summed E-state index contributed by atoms with van der Waals surface area (Å²) in [6.45, 7) is 0. The van der Waals surface area contributed by atoms with E-state index < -0.39 is 0 Å². The number of aliphatic imine (C=N–C) groups is 1. The van der Waals surface area contributed by atoms with Crippen LogP contribution in [0.4, 0.5) is 5.69 Å². The van der Waals surface area contributed by atoms with Gasteiger partial charge in [-0.1, -0.05) is 6.07 Å². The highest BCUT2D eigenvalue weighted by Gasteiger charge is 2.13. The van der Waals surface area contributed by atoms with Crippen molar-refractivity contribution in [3.05, 3.63) is 29.3 Å². The largest absolute Gasteiger partial charge is 0.247 e. The second-order valence-corrected chi connectivity index (χ2v) is 5.08. The number of benzene rings is 1. The zero-order valence-electron chi connectivity index (χ0n) is 8.12. The number of hydrogen-bond donors (Lipinski definition) is 0. The van der Waals surface area contributed by atoms with Gasteiger partial charge in [0.05, 0.1) is 10.7 Å². The molecule has 0 unspecified atom stereocenters. The summed E-state index contributed by atoms with van der Waals surface area (Å²) in [7, 11) is 0. The Morgan fingerprint density at radius 1 is 1.07 bits per heavy atom. The molecule has 2 heteroatoms. The first-order chi connectivity index (χ1) is 6.92. The molecular weight excluding hydrogens is 190 g/mol. The molecule has 1 heterocycles. The molecule has 1 aromatic carbocycles. The van der Waals surface area contributed by atoms with Crippen LogP contribution in [0, 0.1) is 0 Å². The van der Waals surface area contributed by atoms with Crippen molar-refractivity contribution >= 4 is 22.5 Å². The molecule has 0 amide bonds. The van der Waals surface area contributed by atoms with Crippen LogP contribution in [0.25, 0.3) is 0 Å². The van der Waals surface area contributed by atoms with Crippen LogP contribution in [0.15, 0.2) is 23.2 Å². The molecule has 0 radical (unpaired) electrons.